The molecule has 2 heterocycles. The van der Waals surface area contributed by atoms with E-state index in [4.69, 9.17) is 4.74 Å². The third-order valence-electron chi connectivity index (χ3n) is 9.29. The van der Waals surface area contributed by atoms with Crippen LogP contribution in [-0.2, 0) is 9.59 Å². The SMILES string of the molecule is COc1cccc2[nH]c(C(=O)NS[C@@H](CC3CCCCC3)C(=O)NC(CO)CC3CC4(CCCCC4)NC3=O)cc12. The van der Waals surface area contributed by atoms with Gasteiger partial charge in [0.2, 0.25) is 11.8 Å². The summed E-state index contributed by atoms with van der Waals surface area (Å²) < 4.78 is 8.31. The summed E-state index contributed by atoms with van der Waals surface area (Å²) in [5.74, 6) is 0.405. The summed E-state index contributed by atoms with van der Waals surface area (Å²) in [6.45, 7) is -0.230. The molecule has 1 aliphatic heterocycles. The van der Waals surface area contributed by atoms with Crippen molar-refractivity contribution in [3.8, 4) is 5.75 Å². The van der Waals surface area contributed by atoms with Gasteiger partial charge in [0.05, 0.1) is 19.8 Å². The molecule has 5 N–H and O–H groups in total. The number of nitrogens with one attached hydrogen (secondary N) is 4. The molecule has 41 heavy (non-hydrogen) atoms. The monoisotopic (exact) mass is 584 g/mol. The van der Waals surface area contributed by atoms with E-state index >= 15 is 0 Å². The van der Waals surface area contributed by atoms with E-state index in [1.807, 2.05) is 18.2 Å². The highest BCUT2D eigenvalue weighted by atomic mass is 32.2. The van der Waals surface area contributed by atoms with Crippen LogP contribution in [-0.4, -0.2) is 58.4 Å². The molecule has 3 atom stereocenters. The Balaban J connectivity index is 1.22. The van der Waals surface area contributed by atoms with Crippen molar-refractivity contribution < 1.29 is 24.2 Å². The minimum atomic E-state index is -0.511. The summed E-state index contributed by atoms with van der Waals surface area (Å²) in [7, 11) is 1.60. The smallest absolute Gasteiger partial charge is 0.277 e. The maximum atomic E-state index is 13.6. The quantitative estimate of drug-likeness (QED) is 0.245. The lowest BCUT2D eigenvalue weighted by Gasteiger charge is -2.33. The van der Waals surface area contributed by atoms with Gasteiger partial charge in [-0.1, -0.05) is 57.4 Å². The summed E-state index contributed by atoms with van der Waals surface area (Å²) in [5.41, 5.74) is 1.08. The topological polar surface area (TPSA) is 133 Å². The maximum Gasteiger partial charge on any atom is 0.277 e. The average Bonchev–Trinajstić information content (AvgIpc) is 3.56. The van der Waals surface area contributed by atoms with Gasteiger partial charge >= 0.3 is 0 Å². The minimum absolute atomic E-state index is 0.0370. The normalized spacial score (nSPS) is 22.3. The molecule has 1 aromatic heterocycles. The molecule has 1 spiro atoms. The van der Waals surface area contributed by atoms with Crippen molar-refractivity contribution in [2.75, 3.05) is 13.7 Å². The highest BCUT2D eigenvalue weighted by molar-refractivity contribution is 7.99. The van der Waals surface area contributed by atoms with E-state index in [2.05, 4.69) is 20.3 Å². The standard InChI is InChI=1S/C31H44N4O5S/c1-40-26-12-8-11-24-23(26)17-25(33-24)29(38)35-41-27(15-20-9-4-2-5-10-20)30(39)32-22(19-36)16-21-18-31(34-28(21)37)13-6-3-7-14-31/h8,11-12,17,20-22,27,33,36H,2-7,9-10,13-16,18-19H2,1H3,(H,32,39)(H,34,37)(H,35,38)/t21?,22?,27-/m0/s1. The lowest BCUT2D eigenvalue weighted by Crippen LogP contribution is -2.45. The molecule has 0 radical (unpaired) electrons. The molecule has 3 aliphatic rings. The zero-order chi connectivity index (χ0) is 28.8. The van der Waals surface area contributed by atoms with Crippen LogP contribution in [0.1, 0.15) is 94.0 Å². The van der Waals surface area contributed by atoms with Gasteiger partial charge in [0.15, 0.2) is 0 Å². The maximum absolute atomic E-state index is 13.6. The lowest BCUT2D eigenvalue weighted by atomic mass is 9.78. The molecule has 0 bridgehead atoms. The van der Waals surface area contributed by atoms with Gasteiger partial charge in [0, 0.05) is 22.4 Å². The number of fused-ring (bicyclic) bond motifs is 1. The number of carbonyl (C=O) groups excluding carboxylic acids is 3. The highest BCUT2D eigenvalue weighted by Crippen LogP contribution is 2.39. The van der Waals surface area contributed by atoms with Gasteiger partial charge in [-0.25, -0.2) is 0 Å². The zero-order valence-electron chi connectivity index (χ0n) is 24.0. The Morgan fingerprint density at radius 2 is 1.88 bits per heavy atom. The van der Waals surface area contributed by atoms with E-state index in [1.165, 1.54) is 12.8 Å². The molecule has 3 amide bonds. The molecule has 2 saturated carbocycles. The molecule has 1 saturated heterocycles. The van der Waals surface area contributed by atoms with Crippen molar-refractivity contribution in [3.63, 3.8) is 0 Å². The molecule has 1 aromatic carbocycles. The first-order chi connectivity index (χ1) is 19.9. The van der Waals surface area contributed by atoms with Gasteiger partial charge < -0.3 is 25.5 Å². The number of amides is 3. The van der Waals surface area contributed by atoms with E-state index in [1.54, 1.807) is 13.2 Å². The Morgan fingerprint density at radius 1 is 1.12 bits per heavy atom. The van der Waals surface area contributed by atoms with Crippen molar-refractivity contribution >= 4 is 40.6 Å². The Bertz CT molecular complexity index is 1220. The van der Waals surface area contributed by atoms with Crippen LogP contribution in [0.3, 0.4) is 0 Å². The number of rotatable bonds is 11. The lowest BCUT2D eigenvalue weighted by molar-refractivity contribution is -0.125. The van der Waals surface area contributed by atoms with Crippen LogP contribution >= 0.6 is 11.9 Å². The molecule has 2 aromatic rings. The fourth-order valence-corrected chi connectivity index (χ4v) is 7.99. The zero-order valence-corrected chi connectivity index (χ0v) is 24.8. The molecule has 9 nitrogen and oxygen atoms in total. The number of aromatic amines is 1. The van der Waals surface area contributed by atoms with Crippen molar-refractivity contribution in [1.82, 2.24) is 20.3 Å². The number of ether oxygens (including phenoxy) is 1. The van der Waals surface area contributed by atoms with Gasteiger partial charge in [-0.3, -0.25) is 19.1 Å². The van der Waals surface area contributed by atoms with Gasteiger partial charge in [0.1, 0.15) is 16.7 Å². The fraction of sp³-hybridized carbons (Fsp3) is 0.645. The first-order valence-corrected chi connectivity index (χ1v) is 16.1. The van der Waals surface area contributed by atoms with Crippen molar-refractivity contribution in [3.05, 3.63) is 30.0 Å². The van der Waals surface area contributed by atoms with Crippen LogP contribution in [0.25, 0.3) is 10.9 Å². The second kappa shape index (κ2) is 13.5. The number of aliphatic hydroxyl groups excluding tert-OH is 1. The Kier molecular flexibility index (Phi) is 9.80. The Hall–Kier alpha value is -2.72. The number of carbonyl (C=O) groups is 3. The van der Waals surface area contributed by atoms with Gasteiger partial charge in [-0.15, -0.1) is 0 Å². The summed E-state index contributed by atoms with van der Waals surface area (Å²) >= 11 is 1.14. The Morgan fingerprint density at radius 3 is 2.61 bits per heavy atom. The van der Waals surface area contributed by atoms with Crippen molar-refractivity contribution in [2.45, 2.75) is 100 Å². The molecule has 224 valence electrons. The summed E-state index contributed by atoms with van der Waals surface area (Å²) in [4.78, 5) is 42.7. The number of hydrogen-bond donors (Lipinski definition) is 5. The summed E-state index contributed by atoms with van der Waals surface area (Å²) in [6.07, 6.45) is 13.0. The van der Waals surface area contributed by atoms with Crippen LogP contribution in [0.15, 0.2) is 24.3 Å². The van der Waals surface area contributed by atoms with E-state index < -0.39 is 11.3 Å². The molecular formula is C31H44N4O5S. The minimum Gasteiger partial charge on any atom is -0.496 e. The van der Waals surface area contributed by atoms with Gasteiger partial charge in [-0.2, -0.15) is 0 Å². The molecule has 2 unspecified atom stereocenters. The van der Waals surface area contributed by atoms with Crippen LogP contribution in [0, 0.1) is 11.8 Å². The first kappa shape index (κ1) is 29.8. The number of aromatic nitrogens is 1. The molecule has 3 fully saturated rings. The first-order valence-electron chi connectivity index (χ1n) is 15.2. The molecule has 5 rings (SSSR count). The van der Waals surface area contributed by atoms with Crippen LogP contribution in [0.5, 0.6) is 5.75 Å². The summed E-state index contributed by atoms with van der Waals surface area (Å²) in [5, 5.41) is 16.8. The second-order valence-corrected chi connectivity index (χ2v) is 13.2. The third kappa shape index (κ3) is 7.20. The molecular weight excluding hydrogens is 540 g/mol. The van der Waals surface area contributed by atoms with Crippen molar-refractivity contribution in [2.24, 2.45) is 11.8 Å². The largest absolute Gasteiger partial charge is 0.496 e. The fourth-order valence-electron chi connectivity index (χ4n) is 7.09. The van der Waals surface area contributed by atoms with E-state index in [9.17, 15) is 19.5 Å². The van der Waals surface area contributed by atoms with Crippen LogP contribution in [0.2, 0.25) is 0 Å². The number of hydrogen-bond acceptors (Lipinski definition) is 6. The predicted molar refractivity (Wildman–Crippen MR) is 161 cm³/mol. The number of H-pyrrole nitrogens is 1. The number of benzene rings is 1. The predicted octanol–water partition coefficient (Wildman–Crippen LogP) is 4.60. The van der Waals surface area contributed by atoms with Gasteiger partial charge in [0.25, 0.3) is 5.91 Å². The average molecular weight is 585 g/mol. The third-order valence-corrected chi connectivity index (χ3v) is 10.3. The van der Waals surface area contributed by atoms with Crippen molar-refractivity contribution in [1.29, 1.82) is 0 Å². The highest BCUT2D eigenvalue weighted by Gasteiger charge is 2.45. The van der Waals surface area contributed by atoms with E-state index in [0.29, 0.717) is 30.2 Å². The number of aliphatic hydroxyl groups is 1. The van der Waals surface area contributed by atoms with Crippen LogP contribution < -0.4 is 20.1 Å². The second-order valence-electron chi connectivity index (χ2n) is 12.2. The van der Waals surface area contributed by atoms with Crippen LogP contribution in [0.4, 0.5) is 0 Å². The molecule has 2 aliphatic carbocycles. The van der Waals surface area contributed by atoms with E-state index in [0.717, 1.165) is 80.6 Å². The number of methoxy groups -OCH3 is 1. The van der Waals surface area contributed by atoms with Gasteiger partial charge in [-0.05, 0) is 68.2 Å². The Labute approximate surface area is 246 Å². The molecule has 10 heteroatoms. The van der Waals surface area contributed by atoms with E-state index in [-0.39, 0.29) is 35.8 Å². The summed E-state index contributed by atoms with van der Waals surface area (Å²) in [6, 6.07) is 6.84.